The maximum atomic E-state index is 15.6. The SMILES string of the molecule is Cc1ncc(-c2n[nH]c3ccc(OC4(F)CCc5cc(C#N)ccc54)cc23)o1. The van der Waals surface area contributed by atoms with E-state index in [2.05, 4.69) is 21.3 Å². The molecule has 1 aliphatic carbocycles. The second-order valence-electron chi connectivity index (χ2n) is 6.84. The number of aryl methyl sites for hydroxylation is 2. The molecule has 0 bridgehead atoms. The van der Waals surface area contributed by atoms with Crippen LogP contribution in [-0.2, 0) is 12.3 Å². The average Bonchev–Trinajstić information content (AvgIpc) is 3.39. The summed E-state index contributed by atoms with van der Waals surface area (Å²) in [5.74, 6) is -0.457. The van der Waals surface area contributed by atoms with Crippen LogP contribution in [-0.4, -0.2) is 15.2 Å². The minimum Gasteiger partial charge on any atom is -0.454 e. The molecule has 2 aromatic heterocycles. The predicted octanol–water partition coefficient (Wildman–Crippen LogP) is 4.55. The summed E-state index contributed by atoms with van der Waals surface area (Å²) in [6, 6.07) is 12.3. The van der Waals surface area contributed by atoms with E-state index < -0.39 is 5.85 Å². The molecule has 0 saturated heterocycles. The zero-order valence-corrected chi connectivity index (χ0v) is 15.0. The Balaban J connectivity index is 1.52. The molecule has 1 atom stereocenters. The number of benzene rings is 2. The zero-order chi connectivity index (χ0) is 19.3. The third kappa shape index (κ3) is 2.54. The van der Waals surface area contributed by atoms with Crippen molar-refractivity contribution in [3.8, 4) is 23.3 Å². The van der Waals surface area contributed by atoms with Crippen molar-refractivity contribution in [3.05, 3.63) is 65.2 Å². The minimum absolute atomic E-state index is 0.203. The third-order valence-electron chi connectivity index (χ3n) is 5.02. The lowest BCUT2D eigenvalue weighted by molar-refractivity contribution is -0.0666. The monoisotopic (exact) mass is 374 g/mol. The number of nitriles is 1. The number of oxazole rings is 1. The van der Waals surface area contributed by atoms with Crippen LogP contribution in [0.25, 0.3) is 22.4 Å². The van der Waals surface area contributed by atoms with Crippen molar-refractivity contribution >= 4 is 10.9 Å². The lowest BCUT2D eigenvalue weighted by Gasteiger charge is -2.23. The van der Waals surface area contributed by atoms with Gasteiger partial charge in [-0.2, -0.15) is 14.8 Å². The normalized spacial score (nSPS) is 18.2. The molecule has 0 fully saturated rings. The average molecular weight is 374 g/mol. The lowest BCUT2D eigenvalue weighted by Crippen LogP contribution is -2.24. The Morgan fingerprint density at radius 2 is 2.18 bits per heavy atom. The summed E-state index contributed by atoms with van der Waals surface area (Å²) >= 11 is 0. The van der Waals surface area contributed by atoms with E-state index in [0.29, 0.717) is 40.6 Å². The maximum absolute atomic E-state index is 15.6. The number of nitrogens with one attached hydrogen (secondary N) is 1. The molecule has 0 radical (unpaired) electrons. The minimum atomic E-state index is -1.93. The Bertz CT molecular complexity index is 1250. The van der Waals surface area contributed by atoms with Gasteiger partial charge in [0.1, 0.15) is 11.4 Å². The van der Waals surface area contributed by atoms with Gasteiger partial charge in [0.2, 0.25) is 0 Å². The van der Waals surface area contributed by atoms with E-state index in [9.17, 15) is 0 Å². The molecule has 0 amide bonds. The molecule has 1 N–H and O–H groups in total. The van der Waals surface area contributed by atoms with Crippen molar-refractivity contribution < 1.29 is 13.5 Å². The summed E-state index contributed by atoms with van der Waals surface area (Å²) in [6.45, 7) is 1.76. The number of hydrogen-bond donors (Lipinski definition) is 1. The number of aromatic amines is 1. The highest BCUT2D eigenvalue weighted by Gasteiger charge is 2.41. The topological polar surface area (TPSA) is 87.7 Å². The fourth-order valence-electron chi connectivity index (χ4n) is 3.67. The van der Waals surface area contributed by atoms with Gasteiger partial charge in [0.25, 0.3) is 5.85 Å². The highest BCUT2D eigenvalue weighted by atomic mass is 19.2. The third-order valence-corrected chi connectivity index (χ3v) is 5.02. The fourth-order valence-corrected chi connectivity index (χ4v) is 3.67. The van der Waals surface area contributed by atoms with Gasteiger partial charge < -0.3 is 9.15 Å². The molecule has 2 aromatic carbocycles. The molecule has 1 aliphatic rings. The Labute approximate surface area is 159 Å². The van der Waals surface area contributed by atoms with Gasteiger partial charge in [-0.3, -0.25) is 5.10 Å². The Morgan fingerprint density at radius 3 is 2.96 bits per heavy atom. The van der Waals surface area contributed by atoms with Gasteiger partial charge in [0.15, 0.2) is 11.7 Å². The second kappa shape index (κ2) is 5.92. The smallest absolute Gasteiger partial charge is 0.274 e. The van der Waals surface area contributed by atoms with Crippen LogP contribution in [0.3, 0.4) is 0 Å². The highest BCUT2D eigenvalue weighted by Crippen LogP contribution is 2.43. The summed E-state index contributed by atoms with van der Waals surface area (Å²) in [5, 5.41) is 17.0. The number of halogens is 1. The van der Waals surface area contributed by atoms with Crippen LogP contribution in [0.5, 0.6) is 5.75 Å². The standard InChI is InChI=1S/C21H15FN4O2/c1-12-24-11-19(27-12)20-16-9-15(3-5-18(16)25-26-20)28-21(22)7-6-14-8-13(10-23)2-4-17(14)21/h2-5,8-9,11H,6-7H2,1H3,(H,25,26). The molecule has 0 saturated carbocycles. The van der Waals surface area contributed by atoms with Gasteiger partial charge in [0.05, 0.1) is 23.3 Å². The number of H-pyrrole nitrogens is 1. The maximum Gasteiger partial charge on any atom is 0.274 e. The number of ether oxygens (including phenoxy) is 1. The van der Waals surface area contributed by atoms with Crippen LogP contribution >= 0.6 is 0 Å². The zero-order valence-electron chi connectivity index (χ0n) is 15.0. The lowest BCUT2D eigenvalue weighted by atomic mass is 10.1. The number of hydrogen-bond acceptors (Lipinski definition) is 5. The molecule has 0 aliphatic heterocycles. The van der Waals surface area contributed by atoms with Gasteiger partial charge in [0, 0.05) is 24.3 Å². The van der Waals surface area contributed by atoms with E-state index in [0.717, 1.165) is 16.5 Å². The van der Waals surface area contributed by atoms with Crippen LogP contribution < -0.4 is 4.74 Å². The Morgan fingerprint density at radius 1 is 1.29 bits per heavy atom. The molecule has 28 heavy (non-hydrogen) atoms. The highest BCUT2D eigenvalue weighted by molar-refractivity contribution is 5.92. The summed E-state index contributed by atoms with van der Waals surface area (Å²) in [6.07, 6.45) is 2.34. The second-order valence-corrected chi connectivity index (χ2v) is 6.84. The van der Waals surface area contributed by atoms with Crippen molar-refractivity contribution in [2.75, 3.05) is 0 Å². The molecular weight excluding hydrogens is 359 g/mol. The number of nitrogens with zero attached hydrogens (tertiary/aromatic N) is 3. The summed E-state index contributed by atoms with van der Waals surface area (Å²) in [7, 11) is 0. The van der Waals surface area contributed by atoms with Crippen molar-refractivity contribution in [3.63, 3.8) is 0 Å². The molecule has 1 unspecified atom stereocenters. The summed E-state index contributed by atoms with van der Waals surface area (Å²) in [5.41, 5.74) is 3.19. The first-order valence-corrected chi connectivity index (χ1v) is 8.88. The number of rotatable bonds is 3. The molecule has 5 rings (SSSR count). The fraction of sp³-hybridized carbons (Fsp3) is 0.190. The molecule has 138 valence electrons. The number of alkyl halides is 1. The quantitative estimate of drug-likeness (QED) is 0.568. The van der Waals surface area contributed by atoms with Crippen molar-refractivity contribution in [1.82, 2.24) is 15.2 Å². The van der Waals surface area contributed by atoms with Gasteiger partial charge in [-0.25, -0.2) is 4.98 Å². The first kappa shape index (κ1) is 16.5. The number of aromatic nitrogens is 3. The Kier molecular flexibility index (Phi) is 3.49. The van der Waals surface area contributed by atoms with Crippen molar-refractivity contribution in [2.24, 2.45) is 0 Å². The van der Waals surface area contributed by atoms with Gasteiger partial charge >= 0.3 is 0 Å². The predicted molar refractivity (Wildman–Crippen MR) is 99.2 cm³/mol. The van der Waals surface area contributed by atoms with Crippen LogP contribution in [0.15, 0.2) is 47.0 Å². The first-order valence-electron chi connectivity index (χ1n) is 8.88. The van der Waals surface area contributed by atoms with Crippen LogP contribution in [0.4, 0.5) is 4.39 Å². The van der Waals surface area contributed by atoms with Crippen LogP contribution in [0.1, 0.15) is 29.0 Å². The summed E-state index contributed by atoms with van der Waals surface area (Å²) in [4.78, 5) is 4.10. The van der Waals surface area contributed by atoms with Crippen molar-refractivity contribution in [1.29, 1.82) is 5.26 Å². The molecule has 7 heteroatoms. The largest absolute Gasteiger partial charge is 0.454 e. The molecule has 2 heterocycles. The molecular formula is C21H15FN4O2. The van der Waals surface area contributed by atoms with Crippen molar-refractivity contribution in [2.45, 2.75) is 25.6 Å². The van der Waals surface area contributed by atoms with Crippen LogP contribution in [0, 0.1) is 18.3 Å². The summed E-state index contributed by atoms with van der Waals surface area (Å²) < 4.78 is 27.0. The van der Waals surface area contributed by atoms with Gasteiger partial charge in [-0.1, -0.05) is 6.07 Å². The van der Waals surface area contributed by atoms with E-state index in [1.54, 1.807) is 49.5 Å². The van der Waals surface area contributed by atoms with Crippen LogP contribution in [0.2, 0.25) is 0 Å². The molecule has 0 spiro atoms. The van der Waals surface area contributed by atoms with E-state index in [1.165, 1.54) is 0 Å². The first-order chi connectivity index (χ1) is 13.6. The molecule has 6 nitrogen and oxygen atoms in total. The van der Waals surface area contributed by atoms with E-state index in [-0.39, 0.29) is 6.42 Å². The Hall–Kier alpha value is -3.66. The van der Waals surface area contributed by atoms with Gasteiger partial charge in [-0.05, 0) is 42.3 Å². The van der Waals surface area contributed by atoms with E-state index in [1.807, 2.05) is 0 Å². The molecule has 4 aromatic rings. The van der Waals surface area contributed by atoms with E-state index >= 15 is 4.39 Å². The van der Waals surface area contributed by atoms with Gasteiger partial charge in [-0.15, -0.1) is 0 Å². The number of fused-ring (bicyclic) bond motifs is 2. The van der Waals surface area contributed by atoms with E-state index in [4.69, 9.17) is 14.4 Å².